The van der Waals surface area contributed by atoms with Crippen molar-refractivity contribution in [3.05, 3.63) is 51.9 Å². The summed E-state index contributed by atoms with van der Waals surface area (Å²) in [7, 11) is 1.44. The number of carbonyl (C=O) groups is 1. The molecule has 2 aromatic rings. The molecule has 0 radical (unpaired) electrons. The average Bonchev–Trinajstić information content (AvgIpc) is 2.61. The molecule has 2 rings (SSSR count). The number of amides is 1. The summed E-state index contributed by atoms with van der Waals surface area (Å²) < 4.78 is 6.52. The minimum Gasteiger partial charge on any atom is -0.494 e. The Balaban J connectivity index is 2.57. The fourth-order valence-electron chi connectivity index (χ4n) is 2.72. The number of ether oxygens (including phenoxy) is 1. The van der Waals surface area contributed by atoms with Crippen LogP contribution in [0.4, 0.5) is 0 Å². The van der Waals surface area contributed by atoms with Crippen LogP contribution in [-0.4, -0.2) is 40.8 Å². The Labute approximate surface area is 148 Å². The second-order valence-electron chi connectivity index (χ2n) is 5.89. The quantitative estimate of drug-likeness (QED) is 0.775. The maximum absolute atomic E-state index is 13.0. The van der Waals surface area contributed by atoms with E-state index >= 15 is 0 Å². The van der Waals surface area contributed by atoms with E-state index in [-0.39, 0.29) is 22.9 Å². The van der Waals surface area contributed by atoms with Crippen LogP contribution in [0.2, 0.25) is 0 Å². The molecule has 1 amide bonds. The highest BCUT2D eigenvalue weighted by Crippen LogP contribution is 2.18. The molecule has 0 aliphatic heterocycles. The Hall–Kier alpha value is -2.63. The lowest BCUT2D eigenvalue weighted by atomic mass is 10.2. The molecular formula is C19H25N3O3. The number of rotatable bonds is 7. The number of carbonyl (C=O) groups excluding carboxylic acids is 1. The van der Waals surface area contributed by atoms with Gasteiger partial charge in [0.05, 0.1) is 18.9 Å². The summed E-state index contributed by atoms with van der Waals surface area (Å²) in [5.41, 5.74) is 1.38. The van der Waals surface area contributed by atoms with Crippen LogP contribution >= 0.6 is 0 Å². The molecule has 0 saturated carbocycles. The van der Waals surface area contributed by atoms with Gasteiger partial charge in [-0.15, -0.1) is 0 Å². The normalized spacial score (nSPS) is 10.6. The maximum atomic E-state index is 13.0. The van der Waals surface area contributed by atoms with Crippen molar-refractivity contribution < 1.29 is 9.53 Å². The van der Waals surface area contributed by atoms with Gasteiger partial charge in [0.2, 0.25) is 0 Å². The van der Waals surface area contributed by atoms with Gasteiger partial charge < -0.3 is 9.64 Å². The van der Waals surface area contributed by atoms with Crippen molar-refractivity contribution in [1.82, 2.24) is 14.7 Å². The minimum absolute atomic E-state index is 0.159. The topological polar surface area (TPSA) is 64.4 Å². The van der Waals surface area contributed by atoms with Crippen LogP contribution in [0, 0.1) is 6.92 Å². The van der Waals surface area contributed by atoms with E-state index in [1.165, 1.54) is 17.9 Å². The Bertz CT molecular complexity index is 793. The highest BCUT2D eigenvalue weighted by Gasteiger charge is 2.23. The van der Waals surface area contributed by atoms with E-state index in [2.05, 4.69) is 5.10 Å². The Kier molecular flexibility index (Phi) is 6.33. The van der Waals surface area contributed by atoms with Crippen molar-refractivity contribution in [2.75, 3.05) is 20.2 Å². The Morgan fingerprint density at radius 2 is 1.84 bits per heavy atom. The third-order valence-electron chi connectivity index (χ3n) is 3.94. The van der Waals surface area contributed by atoms with Gasteiger partial charge >= 0.3 is 0 Å². The van der Waals surface area contributed by atoms with Gasteiger partial charge in [0.15, 0.2) is 11.4 Å². The lowest BCUT2D eigenvalue weighted by Crippen LogP contribution is -2.35. The van der Waals surface area contributed by atoms with E-state index in [1.54, 1.807) is 11.0 Å². The fraction of sp³-hybridized carbons (Fsp3) is 0.421. The van der Waals surface area contributed by atoms with Gasteiger partial charge in [-0.05, 0) is 31.4 Å². The van der Waals surface area contributed by atoms with E-state index in [9.17, 15) is 9.59 Å². The zero-order valence-corrected chi connectivity index (χ0v) is 15.3. The molecular weight excluding hydrogens is 318 g/mol. The molecule has 6 heteroatoms. The van der Waals surface area contributed by atoms with Crippen LogP contribution in [-0.2, 0) is 0 Å². The molecule has 0 saturated heterocycles. The number of aromatic nitrogens is 2. The molecule has 0 unspecified atom stereocenters. The molecule has 25 heavy (non-hydrogen) atoms. The van der Waals surface area contributed by atoms with Crippen molar-refractivity contribution in [3.8, 4) is 11.4 Å². The van der Waals surface area contributed by atoms with Gasteiger partial charge in [0.1, 0.15) is 0 Å². The van der Waals surface area contributed by atoms with Crippen LogP contribution in [0.25, 0.3) is 5.69 Å². The van der Waals surface area contributed by atoms with E-state index in [0.717, 1.165) is 18.4 Å². The van der Waals surface area contributed by atoms with Crippen LogP contribution in [0.15, 0.2) is 35.1 Å². The standard InChI is InChI=1S/C19H25N3O3/c1-5-11-21(12-6-2)19(24)18-16(25-4)13-17(23)22(20-18)15-10-8-7-9-14(15)3/h7-10,13H,5-6,11-12H2,1-4H3. The Morgan fingerprint density at radius 1 is 1.20 bits per heavy atom. The van der Waals surface area contributed by atoms with Crippen molar-refractivity contribution >= 4 is 5.91 Å². The molecule has 0 aliphatic rings. The lowest BCUT2D eigenvalue weighted by Gasteiger charge is -2.22. The monoisotopic (exact) mass is 343 g/mol. The predicted octanol–water partition coefficient (Wildman–Crippen LogP) is 2.81. The lowest BCUT2D eigenvalue weighted by molar-refractivity contribution is 0.0743. The first kappa shape index (κ1) is 18.7. The first-order valence-electron chi connectivity index (χ1n) is 8.57. The van der Waals surface area contributed by atoms with Crippen LogP contribution in [0.3, 0.4) is 0 Å². The third kappa shape index (κ3) is 4.07. The van der Waals surface area contributed by atoms with Crippen molar-refractivity contribution in [2.24, 2.45) is 0 Å². The summed E-state index contributed by atoms with van der Waals surface area (Å²) in [5.74, 6) is -0.0140. The van der Waals surface area contributed by atoms with E-state index < -0.39 is 0 Å². The number of benzene rings is 1. The van der Waals surface area contributed by atoms with Gasteiger partial charge in [-0.3, -0.25) is 9.59 Å². The molecule has 0 N–H and O–H groups in total. The fourth-order valence-corrected chi connectivity index (χ4v) is 2.72. The smallest absolute Gasteiger partial charge is 0.278 e. The summed E-state index contributed by atoms with van der Waals surface area (Å²) in [6.07, 6.45) is 1.71. The zero-order chi connectivity index (χ0) is 18.4. The van der Waals surface area contributed by atoms with Crippen molar-refractivity contribution in [2.45, 2.75) is 33.6 Å². The van der Waals surface area contributed by atoms with E-state index in [4.69, 9.17) is 4.74 Å². The molecule has 1 aromatic heterocycles. The summed E-state index contributed by atoms with van der Waals surface area (Å²) in [6, 6.07) is 8.76. The summed E-state index contributed by atoms with van der Waals surface area (Å²) >= 11 is 0. The van der Waals surface area contributed by atoms with Crippen LogP contribution < -0.4 is 10.3 Å². The molecule has 0 fully saturated rings. The van der Waals surface area contributed by atoms with Gasteiger partial charge in [0.25, 0.3) is 11.5 Å². The van der Waals surface area contributed by atoms with Crippen LogP contribution in [0.5, 0.6) is 5.75 Å². The number of methoxy groups -OCH3 is 1. The highest BCUT2D eigenvalue weighted by atomic mass is 16.5. The van der Waals surface area contributed by atoms with E-state index in [0.29, 0.717) is 18.8 Å². The minimum atomic E-state index is -0.333. The average molecular weight is 343 g/mol. The summed E-state index contributed by atoms with van der Waals surface area (Å²) in [5, 5.41) is 4.35. The van der Waals surface area contributed by atoms with E-state index in [1.807, 2.05) is 39.0 Å². The molecule has 6 nitrogen and oxygen atoms in total. The van der Waals surface area contributed by atoms with Crippen LogP contribution in [0.1, 0.15) is 42.7 Å². The van der Waals surface area contributed by atoms with Gasteiger partial charge in [-0.25, -0.2) is 0 Å². The molecule has 0 bridgehead atoms. The van der Waals surface area contributed by atoms with Gasteiger partial charge in [0, 0.05) is 13.1 Å². The van der Waals surface area contributed by atoms with Crippen molar-refractivity contribution in [1.29, 1.82) is 0 Å². The van der Waals surface area contributed by atoms with Crippen molar-refractivity contribution in [3.63, 3.8) is 0 Å². The largest absolute Gasteiger partial charge is 0.494 e. The maximum Gasteiger partial charge on any atom is 0.278 e. The predicted molar refractivity (Wildman–Crippen MR) is 97.6 cm³/mol. The zero-order valence-electron chi connectivity index (χ0n) is 15.3. The number of nitrogens with zero attached hydrogens (tertiary/aromatic N) is 3. The summed E-state index contributed by atoms with van der Waals surface area (Å²) in [6.45, 7) is 7.22. The molecule has 1 heterocycles. The first-order valence-corrected chi connectivity index (χ1v) is 8.57. The second kappa shape index (κ2) is 8.46. The third-order valence-corrected chi connectivity index (χ3v) is 3.94. The molecule has 134 valence electrons. The number of para-hydroxylation sites is 1. The molecule has 0 aliphatic carbocycles. The Morgan fingerprint density at radius 3 is 2.40 bits per heavy atom. The number of hydrogen-bond acceptors (Lipinski definition) is 4. The van der Waals surface area contributed by atoms with Gasteiger partial charge in [-0.1, -0.05) is 32.0 Å². The number of hydrogen-bond donors (Lipinski definition) is 0. The first-order chi connectivity index (χ1) is 12.0. The van der Waals surface area contributed by atoms with Gasteiger partial charge in [-0.2, -0.15) is 9.78 Å². The second-order valence-corrected chi connectivity index (χ2v) is 5.89. The molecule has 1 aromatic carbocycles. The molecule has 0 atom stereocenters. The highest BCUT2D eigenvalue weighted by molar-refractivity contribution is 5.94. The SMILES string of the molecule is CCCN(CCC)C(=O)c1nn(-c2ccccc2C)c(=O)cc1OC. The molecule has 0 spiro atoms. The number of aryl methyl sites for hydroxylation is 1. The summed E-state index contributed by atoms with van der Waals surface area (Å²) in [4.78, 5) is 27.1.